The number of hydrogen-bond acceptors (Lipinski definition) is 3. The zero-order valence-electron chi connectivity index (χ0n) is 10.7. The lowest BCUT2D eigenvalue weighted by atomic mass is 10.2. The van der Waals surface area contributed by atoms with Gasteiger partial charge in [-0.3, -0.25) is 0 Å². The third kappa shape index (κ3) is 3.49. The number of aromatic carboxylic acids is 1. The Morgan fingerprint density at radius 3 is 2.65 bits per heavy atom. The van der Waals surface area contributed by atoms with Crippen LogP contribution >= 0.6 is 15.9 Å². The molecule has 6 nitrogen and oxygen atoms in total. The van der Waals surface area contributed by atoms with E-state index in [-0.39, 0.29) is 36.5 Å². The molecule has 1 aromatic rings. The lowest BCUT2D eigenvalue weighted by Gasteiger charge is -2.22. The van der Waals surface area contributed by atoms with Crippen LogP contribution in [0.1, 0.15) is 23.2 Å². The van der Waals surface area contributed by atoms with Crippen molar-refractivity contribution < 1.29 is 19.8 Å². The van der Waals surface area contributed by atoms with Gasteiger partial charge in [0.15, 0.2) is 0 Å². The van der Waals surface area contributed by atoms with E-state index >= 15 is 0 Å². The molecule has 3 N–H and O–H groups in total. The number of carboxylic acid groups (broad SMARTS) is 1. The van der Waals surface area contributed by atoms with E-state index in [9.17, 15) is 9.59 Å². The van der Waals surface area contributed by atoms with Gasteiger partial charge >= 0.3 is 12.0 Å². The number of carbonyl (C=O) groups is 2. The molecule has 0 heterocycles. The van der Waals surface area contributed by atoms with E-state index in [1.165, 1.54) is 17.0 Å². The number of rotatable bonds is 5. The second kappa shape index (κ2) is 6.23. The van der Waals surface area contributed by atoms with Crippen LogP contribution in [0.5, 0.6) is 0 Å². The van der Waals surface area contributed by atoms with Gasteiger partial charge < -0.3 is 20.4 Å². The highest BCUT2D eigenvalue weighted by atomic mass is 79.9. The SMILES string of the molecule is O=C(O)c1cc(Br)ccc1NC(=O)N(CCO)C1CC1. The number of anilines is 1. The zero-order valence-corrected chi connectivity index (χ0v) is 12.3. The third-order valence-corrected chi connectivity index (χ3v) is 3.54. The van der Waals surface area contributed by atoms with Crippen LogP contribution in [0.25, 0.3) is 0 Å². The van der Waals surface area contributed by atoms with Crippen molar-refractivity contribution in [2.75, 3.05) is 18.5 Å². The molecule has 0 radical (unpaired) electrons. The van der Waals surface area contributed by atoms with E-state index in [4.69, 9.17) is 10.2 Å². The minimum atomic E-state index is -1.11. The predicted molar refractivity (Wildman–Crippen MR) is 76.9 cm³/mol. The number of benzene rings is 1. The molecule has 2 amide bonds. The van der Waals surface area contributed by atoms with Gasteiger partial charge in [0.2, 0.25) is 0 Å². The van der Waals surface area contributed by atoms with Crippen LogP contribution in [0, 0.1) is 0 Å². The number of halogens is 1. The molecule has 108 valence electrons. The van der Waals surface area contributed by atoms with Gasteiger partial charge in [0.1, 0.15) is 0 Å². The summed E-state index contributed by atoms with van der Waals surface area (Å²) >= 11 is 3.20. The number of nitrogens with one attached hydrogen (secondary N) is 1. The van der Waals surface area contributed by atoms with E-state index in [1.54, 1.807) is 6.07 Å². The van der Waals surface area contributed by atoms with Gasteiger partial charge in [-0.1, -0.05) is 15.9 Å². The van der Waals surface area contributed by atoms with Crippen molar-refractivity contribution in [3.63, 3.8) is 0 Å². The number of aliphatic hydroxyl groups excluding tert-OH is 1. The first kappa shape index (κ1) is 14.8. The van der Waals surface area contributed by atoms with E-state index in [0.717, 1.165) is 12.8 Å². The fraction of sp³-hybridized carbons (Fsp3) is 0.385. The molecule has 0 spiro atoms. The minimum Gasteiger partial charge on any atom is -0.478 e. The van der Waals surface area contributed by atoms with E-state index in [2.05, 4.69) is 21.2 Å². The second-order valence-corrected chi connectivity index (χ2v) is 5.49. The Kier molecular flexibility index (Phi) is 4.61. The average molecular weight is 343 g/mol. The molecule has 1 aliphatic carbocycles. The monoisotopic (exact) mass is 342 g/mol. The number of amides is 2. The number of carbonyl (C=O) groups excluding carboxylic acids is 1. The topological polar surface area (TPSA) is 89.9 Å². The molecule has 1 aliphatic rings. The molecule has 2 rings (SSSR count). The smallest absolute Gasteiger partial charge is 0.337 e. The van der Waals surface area contributed by atoms with Crippen LogP contribution in [-0.4, -0.2) is 46.3 Å². The largest absolute Gasteiger partial charge is 0.478 e. The number of urea groups is 1. The van der Waals surface area contributed by atoms with Crippen LogP contribution < -0.4 is 5.32 Å². The standard InChI is InChI=1S/C13H15BrN2O4/c14-8-1-4-11(10(7-8)12(18)19)15-13(20)16(5-6-17)9-2-3-9/h1,4,7,9,17H,2-3,5-6H2,(H,15,20)(H,18,19). The van der Waals surface area contributed by atoms with Crippen molar-refractivity contribution in [1.82, 2.24) is 4.90 Å². The minimum absolute atomic E-state index is 0.0208. The van der Waals surface area contributed by atoms with Crippen molar-refractivity contribution >= 4 is 33.6 Å². The van der Waals surface area contributed by atoms with Gasteiger partial charge in [-0.05, 0) is 31.0 Å². The van der Waals surface area contributed by atoms with Crippen LogP contribution in [0.15, 0.2) is 22.7 Å². The summed E-state index contributed by atoms with van der Waals surface area (Å²) in [4.78, 5) is 24.8. The number of aliphatic hydroxyl groups is 1. The molecule has 0 aromatic heterocycles. The lowest BCUT2D eigenvalue weighted by Crippen LogP contribution is -2.39. The van der Waals surface area contributed by atoms with Crippen LogP contribution in [-0.2, 0) is 0 Å². The Morgan fingerprint density at radius 2 is 2.10 bits per heavy atom. The Morgan fingerprint density at radius 1 is 1.40 bits per heavy atom. The summed E-state index contributed by atoms with van der Waals surface area (Å²) in [5.41, 5.74) is 0.266. The highest BCUT2D eigenvalue weighted by Crippen LogP contribution is 2.28. The van der Waals surface area contributed by atoms with E-state index in [1.807, 2.05) is 0 Å². The second-order valence-electron chi connectivity index (χ2n) is 4.57. The van der Waals surface area contributed by atoms with E-state index < -0.39 is 5.97 Å². The molecule has 0 aliphatic heterocycles. The van der Waals surface area contributed by atoms with E-state index in [0.29, 0.717) is 4.47 Å². The van der Waals surface area contributed by atoms with Gasteiger partial charge in [-0.15, -0.1) is 0 Å². The summed E-state index contributed by atoms with van der Waals surface area (Å²) < 4.78 is 0.627. The predicted octanol–water partition coefficient (Wildman–Crippen LogP) is 2.14. The Balaban J connectivity index is 2.16. The molecule has 1 aromatic carbocycles. The Hall–Kier alpha value is -1.60. The normalized spacial score (nSPS) is 13.9. The van der Waals surface area contributed by atoms with Crippen molar-refractivity contribution in [3.8, 4) is 0 Å². The average Bonchev–Trinajstić information content (AvgIpc) is 3.22. The summed E-state index contributed by atoms with van der Waals surface area (Å²) in [5, 5.41) is 20.7. The Bertz CT molecular complexity index is 531. The summed E-state index contributed by atoms with van der Waals surface area (Å²) in [6.45, 7) is 0.130. The van der Waals surface area contributed by atoms with Crippen molar-refractivity contribution in [2.45, 2.75) is 18.9 Å². The fourth-order valence-corrected chi connectivity index (χ4v) is 2.29. The van der Waals surface area contributed by atoms with Gasteiger partial charge in [0.25, 0.3) is 0 Å². The molecule has 0 saturated heterocycles. The van der Waals surface area contributed by atoms with Gasteiger partial charge in [-0.2, -0.15) is 0 Å². The van der Waals surface area contributed by atoms with Crippen molar-refractivity contribution in [3.05, 3.63) is 28.2 Å². The molecule has 0 atom stereocenters. The summed E-state index contributed by atoms with van der Waals surface area (Å²) in [5.74, 6) is -1.11. The molecule has 7 heteroatoms. The molecular formula is C13H15BrN2O4. The van der Waals surface area contributed by atoms with Crippen LogP contribution in [0.3, 0.4) is 0 Å². The third-order valence-electron chi connectivity index (χ3n) is 3.04. The molecule has 20 heavy (non-hydrogen) atoms. The number of hydrogen-bond donors (Lipinski definition) is 3. The fourth-order valence-electron chi connectivity index (χ4n) is 1.93. The van der Waals surface area contributed by atoms with Gasteiger partial charge in [0, 0.05) is 17.1 Å². The molecule has 0 unspecified atom stereocenters. The van der Waals surface area contributed by atoms with Gasteiger partial charge in [-0.25, -0.2) is 9.59 Å². The molecule has 1 fully saturated rings. The van der Waals surface area contributed by atoms with Gasteiger partial charge in [0.05, 0.1) is 17.9 Å². The van der Waals surface area contributed by atoms with Crippen molar-refractivity contribution in [2.24, 2.45) is 0 Å². The highest BCUT2D eigenvalue weighted by molar-refractivity contribution is 9.10. The molecule has 1 saturated carbocycles. The zero-order chi connectivity index (χ0) is 14.7. The first-order chi connectivity index (χ1) is 9.52. The highest BCUT2D eigenvalue weighted by Gasteiger charge is 2.32. The maximum atomic E-state index is 12.1. The summed E-state index contributed by atoms with van der Waals surface area (Å²) in [6.07, 6.45) is 1.83. The maximum absolute atomic E-state index is 12.1. The first-order valence-corrected chi connectivity index (χ1v) is 7.03. The van der Waals surface area contributed by atoms with Crippen molar-refractivity contribution in [1.29, 1.82) is 0 Å². The summed E-state index contributed by atoms with van der Waals surface area (Å²) in [7, 11) is 0. The van der Waals surface area contributed by atoms with Crippen LogP contribution in [0.4, 0.5) is 10.5 Å². The maximum Gasteiger partial charge on any atom is 0.337 e. The molecule has 0 bridgehead atoms. The molecular weight excluding hydrogens is 328 g/mol. The summed E-state index contributed by atoms with van der Waals surface area (Å²) in [6, 6.07) is 4.40. The van der Waals surface area contributed by atoms with Crippen LogP contribution in [0.2, 0.25) is 0 Å². The Labute approximate surface area is 124 Å². The lowest BCUT2D eigenvalue weighted by molar-refractivity contribution is 0.0698. The number of carboxylic acids is 1. The first-order valence-electron chi connectivity index (χ1n) is 6.24. The number of nitrogens with zero attached hydrogens (tertiary/aromatic N) is 1. The quantitative estimate of drug-likeness (QED) is 0.764.